The van der Waals surface area contributed by atoms with E-state index in [2.05, 4.69) is 26.1 Å². The molecular formula is C12H9BrN2O3. The van der Waals surface area contributed by atoms with Gasteiger partial charge in [-0.25, -0.2) is 9.78 Å². The van der Waals surface area contributed by atoms with Crippen LogP contribution in [0.5, 0.6) is 0 Å². The summed E-state index contributed by atoms with van der Waals surface area (Å²) >= 11 is 3.25. The summed E-state index contributed by atoms with van der Waals surface area (Å²) in [5, 5.41) is 13.2. The summed E-state index contributed by atoms with van der Waals surface area (Å²) in [6, 6.07) is 3.44. The van der Waals surface area contributed by atoms with Gasteiger partial charge in [0, 0.05) is 17.7 Å². The number of rotatable bonds is 3. The number of aromatic carboxylic acids is 1. The molecule has 0 atom stereocenters. The lowest BCUT2D eigenvalue weighted by Crippen LogP contribution is -2.00. The van der Waals surface area contributed by atoms with Crippen LogP contribution in [0.25, 0.3) is 11.3 Å². The summed E-state index contributed by atoms with van der Waals surface area (Å²) in [6.45, 7) is 0. The maximum Gasteiger partial charge on any atom is 0.341 e. The van der Waals surface area contributed by atoms with Crippen LogP contribution in [0.15, 0.2) is 27.5 Å². The van der Waals surface area contributed by atoms with E-state index in [9.17, 15) is 9.90 Å². The van der Waals surface area contributed by atoms with Gasteiger partial charge in [0.25, 0.3) is 0 Å². The van der Waals surface area contributed by atoms with Gasteiger partial charge >= 0.3 is 5.97 Å². The Morgan fingerprint density at radius 2 is 2.28 bits per heavy atom. The molecule has 0 saturated heterocycles. The van der Waals surface area contributed by atoms with E-state index >= 15 is 0 Å². The van der Waals surface area contributed by atoms with Crippen LogP contribution < -0.4 is 0 Å². The van der Waals surface area contributed by atoms with Gasteiger partial charge in [0.2, 0.25) is 0 Å². The van der Waals surface area contributed by atoms with E-state index < -0.39 is 5.97 Å². The Balaban J connectivity index is 2.14. The predicted octanol–water partition coefficient (Wildman–Crippen LogP) is 3.07. The average Bonchev–Trinajstić information content (AvgIpc) is 3.07. The molecule has 1 fully saturated rings. The third kappa shape index (κ3) is 1.92. The van der Waals surface area contributed by atoms with Crippen molar-refractivity contribution in [3.8, 4) is 11.3 Å². The largest absolute Gasteiger partial charge is 0.477 e. The molecule has 92 valence electrons. The molecule has 1 aliphatic rings. The van der Waals surface area contributed by atoms with Gasteiger partial charge < -0.3 is 9.63 Å². The van der Waals surface area contributed by atoms with Gasteiger partial charge in [-0.15, -0.1) is 0 Å². The Morgan fingerprint density at radius 3 is 2.89 bits per heavy atom. The number of hydrogen-bond acceptors (Lipinski definition) is 4. The van der Waals surface area contributed by atoms with Crippen LogP contribution in [-0.2, 0) is 0 Å². The first-order chi connectivity index (χ1) is 8.66. The highest BCUT2D eigenvalue weighted by molar-refractivity contribution is 9.10. The predicted molar refractivity (Wildman–Crippen MR) is 66.4 cm³/mol. The van der Waals surface area contributed by atoms with Crippen molar-refractivity contribution in [3.63, 3.8) is 0 Å². The van der Waals surface area contributed by atoms with E-state index in [0.717, 1.165) is 12.8 Å². The highest BCUT2D eigenvalue weighted by Crippen LogP contribution is 2.43. The zero-order chi connectivity index (χ0) is 12.7. The number of carbonyl (C=O) groups is 1. The Labute approximate surface area is 111 Å². The molecule has 18 heavy (non-hydrogen) atoms. The number of pyridine rings is 1. The molecule has 2 heterocycles. The zero-order valence-corrected chi connectivity index (χ0v) is 10.8. The summed E-state index contributed by atoms with van der Waals surface area (Å²) in [5.41, 5.74) is 1.23. The van der Waals surface area contributed by atoms with Crippen LogP contribution in [0.1, 0.15) is 34.9 Å². The molecule has 6 heteroatoms. The second kappa shape index (κ2) is 4.20. The lowest BCUT2D eigenvalue weighted by Gasteiger charge is -1.99. The number of nitrogens with zero attached hydrogens (tertiary/aromatic N) is 2. The number of hydrogen-bond donors (Lipinski definition) is 1. The topological polar surface area (TPSA) is 76.2 Å². The maximum atomic E-state index is 11.4. The van der Waals surface area contributed by atoms with E-state index in [1.807, 2.05) is 0 Å². The van der Waals surface area contributed by atoms with Crippen LogP contribution in [-0.4, -0.2) is 21.2 Å². The molecule has 1 saturated carbocycles. The summed E-state index contributed by atoms with van der Waals surface area (Å²) in [6.07, 6.45) is 3.53. The molecule has 0 aliphatic heterocycles. The van der Waals surface area contributed by atoms with Gasteiger partial charge in [-0.05, 0) is 40.9 Å². The van der Waals surface area contributed by atoms with Gasteiger partial charge in [0.05, 0.1) is 0 Å². The van der Waals surface area contributed by atoms with Crippen molar-refractivity contribution < 1.29 is 14.4 Å². The molecular weight excluding hydrogens is 300 g/mol. The minimum atomic E-state index is -0.999. The fourth-order valence-corrected chi connectivity index (χ4v) is 2.25. The SMILES string of the molecule is O=C(O)c1c(-c2ccnc(Br)c2)noc1C1CC1. The number of carboxylic acid groups (broad SMARTS) is 1. The molecule has 5 nitrogen and oxygen atoms in total. The van der Waals surface area contributed by atoms with Crippen molar-refractivity contribution in [2.45, 2.75) is 18.8 Å². The first-order valence-corrected chi connectivity index (χ1v) is 6.31. The normalized spacial score (nSPS) is 14.7. The lowest BCUT2D eigenvalue weighted by atomic mass is 10.1. The monoisotopic (exact) mass is 308 g/mol. The Kier molecular flexibility index (Phi) is 2.66. The number of carboxylic acids is 1. The van der Waals surface area contributed by atoms with Crippen LogP contribution in [0.3, 0.4) is 0 Å². The number of aromatic nitrogens is 2. The van der Waals surface area contributed by atoms with Crippen molar-refractivity contribution in [2.24, 2.45) is 0 Å². The highest BCUT2D eigenvalue weighted by Gasteiger charge is 2.35. The zero-order valence-electron chi connectivity index (χ0n) is 9.26. The Hall–Kier alpha value is -1.69. The van der Waals surface area contributed by atoms with Gasteiger partial charge in [0.1, 0.15) is 15.9 Å². The summed E-state index contributed by atoms with van der Waals surface area (Å²) in [7, 11) is 0. The molecule has 1 N–H and O–H groups in total. The van der Waals surface area contributed by atoms with Crippen LogP contribution >= 0.6 is 15.9 Å². The molecule has 0 bridgehead atoms. The molecule has 0 unspecified atom stereocenters. The van der Waals surface area contributed by atoms with Crippen LogP contribution in [0.4, 0.5) is 0 Å². The van der Waals surface area contributed by atoms with Crippen molar-refractivity contribution in [1.82, 2.24) is 10.1 Å². The minimum Gasteiger partial charge on any atom is -0.477 e. The molecule has 0 radical (unpaired) electrons. The van der Waals surface area contributed by atoms with Crippen molar-refractivity contribution >= 4 is 21.9 Å². The molecule has 2 aromatic heterocycles. The number of halogens is 1. The third-order valence-corrected chi connectivity index (χ3v) is 3.31. The van der Waals surface area contributed by atoms with Gasteiger partial charge in [-0.1, -0.05) is 5.16 Å². The summed E-state index contributed by atoms with van der Waals surface area (Å²) in [4.78, 5) is 15.4. The van der Waals surface area contributed by atoms with Crippen molar-refractivity contribution in [1.29, 1.82) is 0 Å². The Morgan fingerprint density at radius 1 is 1.50 bits per heavy atom. The molecule has 3 rings (SSSR count). The first kappa shape index (κ1) is 11.4. The second-order valence-corrected chi connectivity index (χ2v) is 5.03. The first-order valence-electron chi connectivity index (χ1n) is 5.51. The lowest BCUT2D eigenvalue weighted by molar-refractivity contribution is 0.0695. The van der Waals surface area contributed by atoms with Crippen molar-refractivity contribution in [3.05, 3.63) is 34.3 Å². The average molecular weight is 309 g/mol. The van der Waals surface area contributed by atoms with E-state index in [1.165, 1.54) is 0 Å². The van der Waals surface area contributed by atoms with Gasteiger partial charge in [-0.2, -0.15) is 0 Å². The van der Waals surface area contributed by atoms with Gasteiger partial charge in [-0.3, -0.25) is 0 Å². The highest BCUT2D eigenvalue weighted by atomic mass is 79.9. The third-order valence-electron chi connectivity index (χ3n) is 2.88. The summed E-state index contributed by atoms with van der Waals surface area (Å²) < 4.78 is 5.84. The van der Waals surface area contributed by atoms with Crippen LogP contribution in [0, 0.1) is 0 Å². The van der Waals surface area contributed by atoms with E-state index in [1.54, 1.807) is 18.3 Å². The summed E-state index contributed by atoms with van der Waals surface area (Å²) in [5.74, 6) is -0.297. The fourth-order valence-electron chi connectivity index (χ4n) is 1.88. The standard InChI is InChI=1S/C12H9BrN2O3/c13-8-5-7(3-4-14-8)10-9(12(16)17)11(18-15-10)6-1-2-6/h3-6H,1-2H2,(H,16,17). The van der Waals surface area contributed by atoms with E-state index in [4.69, 9.17) is 4.52 Å². The smallest absolute Gasteiger partial charge is 0.341 e. The molecule has 0 spiro atoms. The molecule has 0 amide bonds. The van der Waals surface area contributed by atoms with Gasteiger partial charge in [0.15, 0.2) is 5.76 Å². The molecule has 2 aromatic rings. The fraction of sp³-hybridized carbons (Fsp3) is 0.250. The van der Waals surface area contributed by atoms with E-state index in [0.29, 0.717) is 21.6 Å². The Bertz CT molecular complexity index is 620. The molecule has 1 aliphatic carbocycles. The maximum absolute atomic E-state index is 11.4. The molecule has 0 aromatic carbocycles. The second-order valence-electron chi connectivity index (χ2n) is 4.22. The van der Waals surface area contributed by atoms with Crippen molar-refractivity contribution in [2.75, 3.05) is 0 Å². The van der Waals surface area contributed by atoms with E-state index in [-0.39, 0.29) is 11.5 Å². The quantitative estimate of drug-likeness (QED) is 0.882. The van der Waals surface area contributed by atoms with Crippen LogP contribution in [0.2, 0.25) is 0 Å². The minimum absolute atomic E-state index is 0.176.